The van der Waals surface area contributed by atoms with Crippen molar-refractivity contribution in [2.75, 3.05) is 19.6 Å². The molecule has 0 spiro atoms. The maximum atomic E-state index is 12.4. The van der Waals surface area contributed by atoms with Gasteiger partial charge in [-0.05, 0) is 29.6 Å². The Morgan fingerprint density at radius 1 is 1.19 bits per heavy atom. The molecule has 1 fully saturated rings. The molecule has 124 valence electrons. The topological polar surface area (TPSA) is 32.3 Å². The maximum Gasteiger partial charge on any atom is 0.222 e. The Balaban J connectivity index is 2.66. The van der Waals surface area contributed by atoms with Gasteiger partial charge in [-0.15, -0.1) is 0 Å². The molecule has 0 bridgehead atoms. The number of hydrogen-bond acceptors (Lipinski definition) is 2. The van der Waals surface area contributed by atoms with E-state index in [-0.39, 0.29) is 5.41 Å². The van der Waals surface area contributed by atoms with Crippen molar-refractivity contribution < 1.29 is 4.79 Å². The summed E-state index contributed by atoms with van der Waals surface area (Å²) in [5, 5.41) is 3.69. The summed E-state index contributed by atoms with van der Waals surface area (Å²) in [5.41, 5.74) is 0.289. The van der Waals surface area contributed by atoms with Crippen LogP contribution in [0.3, 0.4) is 0 Å². The predicted octanol–water partition coefficient (Wildman–Crippen LogP) is 3.54. The normalized spacial score (nSPS) is 24.0. The lowest BCUT2D eigenvalue weighted by Gasteiger charge is -2.41. The Morgan fingerprint density at radius 2 is 1.81 bits per heavy atom. The van der Waals surface area contributed by atoms with Gasteiger partial charge in [0.05, 0.1) is 0 Å². The maximum absolute atomic E-state index is 12.4. The highest BCUT2D eigenvalue weighted by Crippen LogP contribution is 2.25. The van der Waals surface area contributed by atoms with E-state index in [2.05, 4.69) is 58.7 Å². The van der Waals surface area contributed by atoms with Crippen molar-refractivity contribution in [2.24, 2.45) is 23.2 Å². The van der Waals surface area contributed by atoms with Crippen LogP contribution in [0.4, 0.5) is 0 Å². The fourth-order valence-corrected chi connectivity index (χ4v) is 2.90. The van der Waals surface area contributed by atoms with E-state index < -0.39 is 0 Å². The van der Waals surface area contributed by atoms with Gasteiger partial charge in [-0.25, -0.2) is 0 Å². The van der Waals surface area contributed by atoms with Crippen molar-refractivity contribution in [2.45, 2.75) is 67.3 Å². The quantitative estimate of drug-likeness (QED) is 0.841. The van der Waals surface area contributed by atoms with Crippen LogP contribution in [-0.2, 0) is 4.79 Å². The first-order chi connectivity index (χ1) is 9.58. The Kier molecular flexibility index (Phi) is 6.71. The second kappa shape index (κ2) is 7.62. The van der Waals surface area contributed by atoms with Crippen molar-refractivity contribution in [3.8, 4) is 0 Å². The summed E-state index contributed by atoms with van der Waals surface area (Å²) in [5.74, 6) is 2.03. The van der Waals surface area contributed by atoms with Crippen LogP contribution in [0.5, 0.6) is 0 Å². The molecule has 0 aromatic rings. The lowest BCUT2D eigenvalue weighted by Crippen LogP contribution is -2.53. The average molecular weight is 296 g/mol. The van der Waals surface area contributed by atoms with Crippen LogP contribution in [0, 0.1) is 23.2 Å². The molecule has 2 unspecified atom stereocenters. The predicted molar refractivity (Wildman–Crippen MR) is 90.2 cm³/mol. The number of hydrogen-bond donors (Lipinski definition) is 1. The highest BCUT2D eigenvalue weighted by atomic mass is 16.2. The van der Waals surface area contributed by atoms with Crippen molar-refractivity contribution in [1.29, 1.82) is 0 Å². The molecule has 1 saturated heterocycles. The van der Waals surface area contributed by atoms with E-state index in [1.807, 2.05) is 0 Å². The van der Waals surface area contributed by atoms with E-state index >= 15 is 0 Å². The fraction of sp³-hybridized carbons (Fsp3) is 0.944. The molecule has 1 rings (SSSR count). The smallest absolute Gasteiger partial charge is 0.222 e. The first-order valence-corrected chi connectivity index (χ1v) is 8.59. The third kappa shape index (κ3) is 6.82. The zero-order valence-electron chi connectivity index (χ0n) is 15.2. The molecule has 1 amide bonds. The molecule has 3 heteroatoms. The first-order valence-electron chi connectivity index (χ1n) is 8.59. The Morgan fingerprint density at radius 3 is 2.29 bits per heavy atom. The van der Waals surface area contributed by atoms with Crippen LogP contribution in [0.2, 0.25) is 0 Å². The van der Waals surface area contributed by atoms with E-state index in [0.717, 1.165) is 19.6 Å². The molecule has 3 nitrogen and oxygen atoms in total. The highest BCUT2D eigenvalue weighted by Gasteiger charge is 2.31. The van der Waals surface area contributed by atoms with Gasteiger partial charge in [0.1, 0.15) is 0 Å². The zero-order valence-corrected chi connectivity index (χ0v) is 15.2. The van der Waals surface area contributed by atoms with Gasteiger partial charge in [0.25, 0.3) is 0 Å². The van der Waals surface area contributed by atoms with Gasteiger partial charge in [-0.2, -0.15) is 0 Å². The molecule has 0 saturated carbocycles. The molecular weight excluding hydrogens is 260 g/mol. The summed E-state index contributed by atoms with van der Waals surface area (Å²) >= 11 is 0. The monoisotopic (exact) mass is 296 g/mol. The number of piperidine rings is 1. The van der Waals surface area contributed by atoms with E-state index in [9.17, 15) is 4.79 Å². The third-order valence-electron chi connectivity index (χ3n) is 4.28. The summed E-state index contributed by atoms with van der Waals surface area (Å²) in [6.45, 7) is 18.4. The summed E-state index contributed by atoms with van der Waals surface area (Å²) in [4.78, 5) is 14.5. The van der Waals surface area contributed by atoms with Gasteiger partial charge < -0.3 is 10.2 Å². The number of carbonyl (C=O) groups excluding carboxylic acids is 1. The molecule has 21 heavy (non-hydrogen) atoms. The minimum Gasteiger partial charge on any atom is -0.341 e. The molecule has 0 aromatic carbocycles. The number of nitrogens with zero attached hydrogens (tertiary/aromatic N) is 1. The number of amides is 1. The van der Waals surface area contributed by atoms with Gasteiger partial charge in [0.15, 0.2) is 0 Å². The number of nitrogens with one attached hydrogen (secondary N) is 1. The molecule has 2 atom stereocenters. The summed E-state index contributed by atoms with van der Waals surface area (Å²) in [6, 6.07) is 0.446. The molecule has 1 aliphatic heterocycles. The van der Waals surface area contributed by atoms with Crippen LogP contribution in [-0.4, -0.2) is 36.5 Å². The fourth-order valence-electron chi connectivity index (χ4n) is 2.90. The number of rotatable bonds is 5. The van der Waals surface area contributed by atoms with Crippen LogP contribution < -0.4 is 5.32 Å². The lowest BCUT2D eigenvalue weighted by atomic mass is 9.84. The minimum atomic E-state index is 0.289. The second-order valence-electron chi connectivity index (χ2n) is 8.77. The molecule has 1 aliphatic rings. The Hall–Kier alpha value is -0.570. The Labute approximate surface area is 131 Å². The number of likely N-dealkylation sites (tertiary alicyclic amines) is 1. The van der Waals surface area contributed by atoms with Crippen molar-refractivity contribution in [1.82, 2.24) is 10.2 Å². The standard InChI is InChI=1S/C18H36N2O/c1-13(2)8-17(21)20-10-15(14(3)4)9-16(11-20)19-12-18(5,6)7/h13-16,19H,8-12H2,1-7H3. The highest BCUT2D eigenvalue weighted by molar-refractivity contribution is 5.76. The van der Waals surface area contributed by atoms with E-state index in [1.54, 1.807) is 0 Å². The average Bonchev–Trinajstić information content (AvgIpc) is 2.34. The van der Waals surface area contributed by atoms with Crippen LogP contribution in [0.25, 0.3) is 0 Å². The molecule has 1 heterocycles. The SMILES string of the molecule is CC(C)CC(=O)N1CC(NCC(C)(C)C)CC(C(C)C)C1. The van der Waals surface area contributed by atoms with Gasteiger partial charge in [0.2, 0.25) is 5.91 Å². The summed E-state index contributed by atoms with van der Waals surface area (Å²) in [7, 11) is 0. The van der Waals surface area contributed by atoms with Crippen molar-refractivity contribution in [3.63, 3.8) is 0 Å². The molecule has 0 radical (unpaired) electrons. The van der Waals surface area contributed by atoms with E-state index in [4.69, 9.17) is 0 Å². The first kappa shape index (κ1) is 18.5. The summed E-state index contributed by atoms with van der Waals surface area (Å²) in [6.07, 6.45) is 1.87. The van der Waals surface area contributed by atoms with Gasteiger partial charge in [-0.3, -0.25) is 4.79 Å². The molecular formula is C18H36N2O. The Bertz CT molecular complexity index is 331. The molecule has 0 aromatic heterocycles. The van der Waals surface area contributed by atoms with Crippen LogP contribution >= 0.6 is 0 Å². The van der Waals surface area contributed by atoms with Crippen LogP contribution in [0.1, 0.15) is 61.3 Å². The van der Waals surface area contributed by atoms with Gasteiger partial charge in [0, 0.05) is 32.1 Å². The summed E-state index contributed by atoms with van der Waals surface area (Å²) < 4.78 is 0. The van der Waals surface area contributed by atoms with Gasteiger partial charge in [-0.1, -0.05) is 48.5 Å². The van der Waals surface area contributed by atoms with Gasteiger partial charge >= 0.3 is 0 Å². The lowest BCUT2D eigenvalue weighted by molar-refractivity contribution is -0.134. The van der Waals surface area contributed by atoms with Crippen molar-refractivity contribution >= 4 is 5.91 Å². The zero-order chi connectivity index (χ0) is 16.2. The molecule has 0 aliphatic carbocycles. The van der Waals surface area contributed by atoms with E-state index in [1.165, 1.54) is 6.42 Å². The number of carbonyl (C=O) groups is 1. The third-order valence-corrected chi connectivity index (χ3v) is 4.28. The van der Waals surface area contributed by atoms with Crippen LogP contribution in [0.15, 0.2) is 0 Å². The minimum absolute atomic E-state index is 0.289. The second-order valence-corrected chi connectivity index (χ2v) is 8.77. The van der Waals surface area contributed by atoms with Crippen molar-refractivity contribution in [3.05, 3.63) is 0 Å². The van der Waals surface area contributed by atoms with E-state index in [0.29, 0.717) is 36.1 Å². The largest absolute Gasteiger partial charge is 0.341 e. The molecule has 1 N–H and O–H groups in total.